The average molecular weight is 290 g/mol. The summed E-state index contributed by atoms with van der Waals surface area (Å²) in [5.41, 5.74) is 2.26. The molecule has 20 heavy (non-hydrogen) atoms. The van der Waals surface area contributed by atoms with Crippen LogP contribution in [0.4, 0.5) is 0 Å². The Morgan fingerprint density at radius 3 is 2.55 bits per heavy atom. The highest BCUT2D eigenvalue weighted by molar-refractivity contribution is 7.15. The third kappa shape index (κ3) is 3.81. The Morgan fingerprint density at radius 1 is 1.25 bits per heavy atom. The standard InChI is InChI=1S/C16H22N2OS/c1-11(2)10-19-14-7-5-13(6-8-14)16-18-12(3)15(20-16)9-17-4/h5-8,11,17H,9-10H2,1-4H3. The number of benzene rings is 1. The number of aryl methyl sites for hydroxylation is 1. The lowest BCUT2D eigenvalue weighted by atomic mass is 10.2. The van der Waals surface area contributed by atoms with Crippen LogP contribution in [0.3, 0.4) is 0 Å². The monoisotopic (exact) mass is 290 g/mol. The van der Waals surface area contributed by atoms with Crippen LogP contribution in [0.2, 0.25) is 0 Å². The normalized spacial score (nSPS) is 11.1. The molecule has 1 N–H and O–H groups in total. The molecule has 1 aromatic carbocycles. The van der Waals surface area contributed by atoms with Gasteiger partial charge in [0.25, 0.3) is 0 Å². The fraction of sp³-hybridized carbons (Fsp3) is 0.438. The molecular weight excluding hydrogens is 268 g/mol. The summed E-state index contributed by atoms with van der Waals surface area (Å²) in [6, 6.07) is 8.20. The Labute approximate surface area is 125 Å². The Hall–Kier alpha value is -1.39. The number of ether oxygens (including phenoxy) is 1. The summed E-state index contributed by atoms with van der Waals surface area (Å²) in [7, 11) is 1.96. The van der Waals surface area contributed by atoms with Gasteiger partial charge < -0.3 is 10.1 Å². The largest absolute Gasteiger partial charge is 0.493 e. The second-order valence-electron chi connectivity index (χ2n) is 5.29. The molecular formula is C16H22N2OS. The van der Waals surface area contributed by atoms with Gasteiger partial charge in [-0.05, 0) is 44.2 Å². The molecule has 0 aliphatic heterocycles. The highest BCUT2D eigenvalue weighted by Gasteiger charge is 2.09. The predicted molar refractivity (Wildman–Crippen MR) is 85.4 cm³/mol. The smallest absolute Gasteiger partial charge is 0.123 e. The van der Waals surface area contributed by atoms with Crippen LogP contribution < -0.4 is 10.1 Å². The van der Waals surface area contributed by atoms with E-state index in [1.54, 1.807) is 11.3 Å². The van der Waals surface area contributed by atoms with Crippen LogP contribution in [-0.2, 0) is 6.54 Å². The maximum Gasteiger partial charge on any atom is 0.123 e. The average Bonchev–Trinajstić information content (AvgIpc) is 2.79. The van der Waals surface area contributed by atoms with Gasteiger partial charge in [-0.3, -0.25) is 0 Å². The van der Waals surface area contributed by atoms with E-state index in [4.69, 9.17) is 4.74 Å². The predicted octanol–water partition coefficient (Wildman–Crippen LogP) is 3.87. The van der Waals surface area contributed by atoms with Gasteiger partial charge in [0.15, 0.2) is 0 Å². The number of rotatable bonds is 6. The third-order valence-corrected chi connectivity index (χ3v) is 4.12. The van der Waals surface area contributed by atoms with Gasteiger partial charge in [-0.1, -0.05) is 13.8 Å². The van der Waals surface area contributed by atoms with Gasteiger partial charge in [-0.2, -0.15) is 0 Å². The van der Waals surface area contributed by atoms with Crippen LogP contribution in [0.5, 0.6) is 5.75 Å². The topological polar surface area (TPSA) is 34.1 Å². The van der Waals surface area contributed by atoms with Gasteiger partial charge in [0.1, 0.15) is 10.8 Å². The molecule has 2 rings (SSSR count). The number of hydrogen-bond acceptors (Lipinski definition) is 4. The minimum atomic E-state index is 0.542. The van der Waals surface area contributed by atoms with Gasteiger partial charge in [-0.25, -0.2) is 4.98 Å². The maximum atomic E-state index is 5.70. The highest BCUT2D eigenvalue weighted by atomic mass is 32.1. The van der Waals surface area contributed by atoms with E-state index in [9.17, 15) is 0 Å². The van der Waals surface area contributed by atoms with E-state index in [1.807, 2.05) is 19.2 Å². The van der Waals surface area contributed by atoms with Gasteiger partial charge in [-0.15, -0.1) is 11.3 Å². The molecule has 0 radical (unpaired) electrons. The molecule has 0 atom stereocenters. The van der Waals surface area contributed by atoms with Gasteiger partial charge >= 0.3 is 0 Å². The fourth-order valence-corrected chi connectivity index (χ4v) is 2.91. The van der Waals surface area contributed by atoms with E-state index >= 15 is 0 Å². The van der Waals surface area contributed by atoms with Crippen LogP contribution in [-0.4, -0.2) is 18.6 Å². The van der Waals surface area contributed by atoms with Gasteiger partial charge in [0, 0.05) is 17.0 Å². The van der Waals surface area contributed by atoms with Crippen LogP contribution in [0.1, 0.15) is 24.4 Å². The number of thiazole rings is 1. The number of nitrogens with zero attached hydrogens (tertiary/aromatic N) is 1. The molecule has 0 saturated carbocycles. The first-order valence-corrected chi connectivity index (χ1v) is 7.76. The summed E-state index contributed by atoms with van der Waals surface area (Å²) in [5.74, 6) is 1.46. The van der Waals surface area contributed by atoms with Crippen molar-refractivity contribution < 1.29 is 4.74 Å². The summed E-state index contributed by atoms with van der Waals surface area (Å²) >= 11 is 1.75. The van der Waals surface area contributed by atoms with Crippen molar-refractivity contribution in [1.29, 1.82) is 0 Å². The Kier molecular flexibility index (Phi) is 5.15. The molecule has 0 aliphatic carbocycles. The maximum absolute atomic E-state index is 5.70. The first-order chi connectivity index (χ1) is 9.60. The lowest BCUT2D eigenvalue weighted by molar-refractivity contribution is 0.271. The van der Waals surface area contributed by atoms with Crippen molar-refractivity contribution >= 4 is 11.3 Å². The minimum Gasteiger partial charge on any atom is -0.493 e. The minimum absolute atomic E-state index is 0.542. The Morgan fingerprint density at radius 2 is 1.95 bits per heavy atom. The SMILES string of the molecule is CNCc1sc(-c2ccc(OCC(C)C)cc2)nc1C. The van der Waals surface area contributed by atoms with Gasteiger partial charge in [0.05, 0.1) is 12.3 Å². The van der Waals surface area contributed by atoms with E-state index < -0.39 is 0 Å². The number of nitrogens with one attached hydrogen (secondary N) is 1. The second-order valence-corrected chi connectivity index (χ2v) is 6.37. The molecule has 1 aromatic heterocycles. The Bertz CT molecular complexity index is 546. The zero-order valence-corrected chi connectivity index (χ0v) is 13.4. The van der Waals surface area contributed by atoms with Crippen LogP contribution in [0.15, 0.2) is 24.3 Å². The van der Waals surface area contributed by atoms with Crippen molar-refractivity contribution in [2.24, 2.45) is 5.92 Å². The van der Waals surface area contributed by atoms with Crippen molar-refractivity contribution in [2.45, 2.75) is 27.3 Å². The molecule has 0 spiro atoms. The van der Waals surface area contributed by atoms with Crippen molar-refractivity contribution in [2.75, 3.05) is 13.7 Å². The summed E-state index contributed by atoms with van der Waals surface area (Å²) in [6.07, 6.45) is 0. The summed E-state index contributed by atoms with van der Waals surface area (Å²) in [5, 5.41) is 4.25. The summed E-state index contributed by atoms with van der Waals surface area (Å²) < 4.78 is 5.70. The van der Waals surface area contributed by atoms with Crippen molar-refractivity contribution in [3.8, 4) is 16.3 Å². The van der Waals surface area contributed by atoms with Crippen LogP contribution in [0.25, 0.3) is 10.6 Å². The van der Waals surface area contributed by atoms with Crippen LogP contribution in [0, 0.1) is 12.8 Å². The third-order valence-electron chi connectivity index (χ3n) is 2.91. The second kappa shape index (κ2) is 6.86. The first-order valence-electron chi connectivity index (χ1n) is 6.94. The molecule has 4 heteroatoms. The van der Waals surface area contributed by atoms with Crippen LogP contribution >= 0.6 is 11.3 Å². The summed E-state index contributed by atoms with van der Waals surface area (Å²) in [6.45, 7) is 7.99. The molecule has 0 unspecified atom stereocenters. The molecule has 0 saturated heterocycles. The molecule has 3 nitrogen and oxygen atoms in total. The van der Waals surface area contributed by atoms with E-state index in [1.165, 1.54) is 4.88 Å². The van der Waals surface area contributed by atoms with Gasteiger partial charge in [0.2, 0.25) is 0 Å². The van der Waals surface area contributed by atoms with Crippen molar-refractivity contribution in [3.63, 3.8) is 0 Å². The number of aromatic nitrogens is 1. The number of hydrogen-bond donors (Lipinski definition) is 1. The van der Waals surface area contributed by atoms with E-state index in [-0.39, 0.29) is 0 Å². The van der Waals surface area contributed by atoms with E-state index in [0.717, 1.165) is 35.2 Å². The zero-order chi connectivity index (χ0) is 14.5. The quantitative estimate of drug-likeness (QED) is 0.877. The lowest BCUT2D eigenvalue weighted by Crippen LogP contribution is -2.04. The zero-order valence-electron chi connectivity index (χ0n) is 12.6. The first kappa shape index (κ1) is 15.0. The van der Waals surface area contributed by atoms with E-state index in [0.29, 0.717) is 5.92 Å². The summed E-state index contributed by atoms with van der Waals surface area (Å²) in [4.78, 5) is 5.94. The van der Waals surface area contributed by atoms with Crippen molar-refractivity contribution in [3.05, 3.63) is 34.8 Å². The molecule has 2 aromatic rings. The highest BCUT2D eigenvalue weighted by Crippen LogP contribution is 2.29. The Balaban J connectivity index is 2.11. The molecule has 1 heterocycles. The molecule has 0 fully saturated rings. The van der Waals surface area contributed by atoms with E-state index in [2.05, 4.69) is 43.2 Å². The van der Waals surface area contributed by atoms with Crippen molar-refractivity contribution in [1.82, 2.24) is 10.3 Å². The molecule has 0 amide bonds. The molecule has 108 valence electrons. The molecule has 0 aliphatic rings. The lowest BCUT2D eigenvalue weighted by Gasteiger charge is -2.08. The molecule has 0 bridgehead atoms. The fourth-order valence-electron chi connectivity index (χ4n) is 1.83.